The minimum absolute atomic E-state index is 0.434. The summed E-state index contributed by atoms with van der Waals surface area (Å²) in [6, 6.07) is 5.79. The molecule has 17 heavy (non-hydrogen) atoms. The molecule has 0 radical (unpaired) electrons. The van der Waals surface area contributed by atoms with E-state index in [0.29, 0.717) is 5.92 Å². The van der Waals surface area contributed by atoms with Crippen LogP contribution in [0.4, 0.5) is 0 Å². The lowest BCUT2D eigenvalue weighted by Crippen LogP contribution is -2.28. The summed E-state index contributed by atoms with van der Waals surface area (Å²) in [5.74, 6) is 1.15. The van der Waals surface area contributed by atoms with Crippen molar-refractivity contribution in [2.45, 2.75) is 19.4 Å². The van der Waals surface area contributed by atoms with Crippen molar-refractivity contribution in [3.05, 3.63) is 41.9 Å². The van der Waals surface area contributed by atoms with E-state index in [4.69, 9.17) is 0 Å². The highest BCUT2D eigenvalue weighted by atomic mass is 15.0. The molecule has 0 fully saturated rings. The molecular weight excluding hydrogens is 212 g/mol. The number of hydrogen-bond acceptors (Lipinski definition) is 4. The van der Waals surface area contributed by atoms with Gasteiger partial charge < -0.3 is 5.32 Å². The van der Waals surface area contributed by atoms with Crippen LogP contribution >= 0.6 is 0 Å². The van der Waals surface area contributed by atoms with Gasteiger partial charge in [0.15, 0.2) is 5.82 Å². The molecule has 1 aliphatic heterocycles. The smallest absolute Gasteiger partial charge is 0.178 e. The second-order valence-electron chi connectivity index (χ2n) is 4.35. The van der Waals surface area contributed by atoms with Gasteiger partial charge in [0.25, 0.3) is 0 Å². The molecule has 4 nitrogen and oxygen atoms in total. The number of fused-ring (bicyclic) bond motifs is 1. The third-order valence-corrected chi connectivity index (χ3v) is 3.02. The molecule has 3 heterocycles. The molecule has 2 aromatic rings. The van der Waals surface area contributed by atoms with Crippen molar-refractivity contribution in [2.75, 3.05) is 6.54 Å². The summed E-state index contributed by atoms with van der Waals surface area (Å²) in [5.41, 5.74) is 3.18. The molecule has 1 unspecified atom stereocenters. The molecule has 1 atom stereocenters. The van der Waals surface area contributed by atoms with Crippen molar-refractivity contribution >= 4 is 0 Å². The molecule has 0 bridgehead atoms. The normalized spacial score (nSPS) is 18.8. The summed E-state index contributed by atoms with van der Waals surface area (Å²) in [6.45, 7) is 4.02. The van der Waals surface area contributed by atoms with Gasteiger partial charge in [0.2, 0.25) is 0 Å². The van der Waals surface area contributed by atoms with Crippen LogP contribution in [0, 0.1) is 0 Å². The van der Waals surface area contributed by atoms with Gasteiger partial charge in [0.1, 0.15) is 5.69 Å². The van der Waals surface area contributed by atoms with Crippen LogP contribution in [0.5, 0.6) is 0 Å². The van der Waals surface area contributed by atoms with Gasteiger partial charge in [-0.3, -0.25) is 4.98 Å². The van der Waals surface area contributed by atoms with Crippen molar-refractivity contribution in [1.82, 2.24) is 20.3 Å². The van der Waals surface area contributed by atoms with Crippen LogP contribution in [-0.4, -0.2) is 21.5 Å². The van der Waals surface area contributed by atoms with Crippen LogP contribution < -0.4 is 5.32 Å². The fourth-order valence-corrected chi connectivity index (χ4v) is 2.12. The van der Waals surface area contributed by atoms with Crippen LogP contribution in [0.3, 0.4) is 0 Å². The van der Waals surface area contributed by atoms with Crippen LogP contribution in [0.15, 0.2) is 30.6 Å². The Morgan fingerprint density at radius 3 is 3.06 bits per heavy atom. The third-order valence-electron chi connectivity index (χ3n) is 3.02. The lowest BCUT2D eigenvalue weighted by atomic mass is 9.99. The number of aromatic nitrogens is 3. The van der Waals surface area contributed by atoms with Crippen LogP contribution in [-0.2, 0) is 6.54 Å². The summed E-state index contributed by atoms with van der Waals surface area (Å²) in [5, 5.41) is 3.35. The van der Waals surface area contributed by atoms with E-state index in [2.05, 4.69) is 27.2 Å². The zero-order chi connectivity index (χ0) is 11.7. The second-order valence-corrected chi connectivity index (χ2v) is 4.35. The summed E-state index contributed by atoms with van der Waals surface area (Å²) < 4.78 is 0. The first-order chi connectivity index (χ1) is 8.34. The van der Waals surface area contributed by atoms with E-state index in [1.165, 1.54) is 5.56 Å². The topological polar surface area (TPSA) is 50.7 Å². The molecule has 4 heteroatoms. The Morgan fingerprint density at radius 1 is 1.29 bits per heavy atom. The van der Waals surface area contributed by atoms with Gasteiger partial charge in [-0.1, -0.05) is 13.0 Å². The maximum absolute atomic E-state index is 4.65. The molecule has 1 N–H and O–H groups in total. The van der Waals surface area contributed by atoms with Crippen LogP contribution in [0.1, 0.15) is 24.1 Å². The fourth-order valence-electron chi connectivity index (χ4n) is 2.12. The number of pyridine rings is 1. The van der Waals surface area contributed by atoms with E-state index in [0.717, 1.165) is 30.3 Å². The molecule has 0 aromatic carbocycles. The van der Waals surface area contributed by atoms with Crippen molar-refractivity contribution in [3.8, 4) is 11.5 Å². The average Bonchev–Trinajstić information content (AvgIpc) is 2.40. The predicted octanol–water partition coefficient (Wildman–Crippen LogP) is 1.75. The fraction of sp³-hybridized carbons (Fsp3) is 0.308. The Balaban J connectivity index is 2.06. The van der Waals surface area contributed by atoms with Crippen molar-refractivity contribution < 1.29 is 0 Å². The van der Waals surface area contributed by atoms with E-state index in [1.807, 2.05) is 24.4 Å². The van der Waals surface area contributed by atoms with E-state index in [1.54, 1.807) is 6.20 Å². The second kappa shape index (κ2) is 4.22. The maximum Gasteiger partial charge on any atom is 0.178 e. The zero-order valence-corrected chi connectivity index (χ0v) is 9.72. The molecule has 0 saturated carbocycles. The molecule has 0 amide bonds. The number of nitrogens with one attached hydrogen (secondary N) is 1. The highest BCUT2D eigenvalue weighted by Crippen LogP contribution is 2.23. The Kier molecular flexibility index (Phi) is 2.57. The number of nitrogens with zero attached hydrogens (tertiary/aromatic N) is 3. The first-order valence-electron chi connectivity index (χ1n) is 5.82. The molecule has 0 spiro atoms. The maximum atomic E-state index is 4.65. The number of rotatable bonds is 1. The van der Waals surface area contributed by atoms with E-state index in [-0.39, 0.29) is 0 Å². The minimum Gasteiger partial charge on any atom is -0.312 e. The van der Waals surface area contributed by atoms with Gasteiger partial charge in [-0.2, -0.15) is 0 Å². The van der Waals surface area contributed by atoms with Gasteiger partial charge in [-0.05, 0) is 12.1 Å². The summed E-state index contributed by atoms with van der Waals surface area (Å²) in [4.78, 5) is 13.3. The van der Waals surface area contributed by atoms with Crippen molar-refractivity contribution in [3.63, 3.8) is 0 Å². The first kappa shape index (κ1) is 10.4. The summed E-state index contributed by atoms with van der Waals surface area (Å²) in [7, 11) is 0. The van der Waals surface area contributed by atoms with Gasteiger partial charge in [0.05, 0.1) is 5.69 Å². The Hall–Kier alpha value is -1.81. The molecular formula is C13H14N4. The lowest BCUT2D eigenvalue weighted by molar-refractivity contribution is 0.554. The molecule has 1 aliphatic rings. The highest BCUT2D eigenvalue weighted by molar-refractivity contribution is 5.49. The molecule has 86 valence electrons. The average molecular weight is 226 g/mol. The third kappa shape index (κ3) is 1.91. The van der Waals surface area contributed by atoms with Gasteiger partial charge in [-0.25, -0.2) is 9.97 Å². The lowest BCUT2D eigenvalue weighted by Gasteiger charge is -2.22. The highest BCUT2D eigenvalue weighted by Gasteiger charge is 2.18. The van der Waals surface area contributed by atoms with E-state index in [9.17, 15) is 0 Å². The molecule has 0 saturated heterocycles. The molecule has 3 rings (SSSR count). The van der Waals surface area contributed by atoms with Gasteiger partial charge in [-0.15, -0.1) is 0 Å². The largest absolute Gasteiger partial charge is 0.312 e. The van der Waals surface area contributed by atoms with Crippen molar-refractivity contribution in [1.29, 1.82) is 0 Å². The molecule has 2 aromatic heterocycles. The standard InChI is InChI=1S/C13H14N4/c1-9-6-14-7-10-8-16-13(17-12(9)10)11-4-2-3-5-15-11/h2-5,8-9,14H,6-7H2,1H3. The SMILES string of the molecule is CC1CNCc2cnc(-c3ccccn3)nc21. The minimum atomic E-state index is 0.434. The quantitative estimate of drug-likeness (QED) is 0.804. The molecule has 0 aliphatic carbocycles. The van der Waals surface area contributed by atoms with Crippen LogP contribution in [0.2, 0.25) is 0 Å². The van der Waals surface area contributed by atoms with E-state index >= 15 is 0 Å². The summed E-state index contributed by atoms with van der Waals surface area (Å²) in [6.07, 6.45) is 3.68. The predicted molar refractivity (Wildman–Crippen MR) is 65.4 cm³/mol. The van der Waals surface area contributed by atoms with E-state index < -0.39 is 0 Å². The van der Waals surface area contributed by atoms with Crippen molar-refractivity contribution in [2.24, 2.45) is 0 Å². The van der Waals surface area contributed by atoms with Gasteiger partial charge in [0, 0.05) is 37.0 Å². The Labute approximate surface area is 100 Å². The van der Waals surface area contributed by atoms with Gasteiger partial charge >= 0.3 is 0 Å². The summed E-state index contributed by atoms with van der Waals surface area (Å²) >= 11 is 0. The van der Waals surface area contributed by atoms with Crippen LogP contribution in [0.25, 0.3) is 11.5 Å². The first-order valence-corrected chi connectivity index (χ1v) is 5.82. The monoisotopic (exact) mass is 226 g/mol. The Morgan fingerprint density at radius 2 is 2.24 bits per heavy atom. The Bertz CT molecular complexity index is 524. The zero-order valence-electron chi connectivity index (χ0n) is 9.72. The number of hydrogen-bond donors (Lipinski definition) is 1.